The molecule has 0 saturated carbocycles. The number of fused-ring (bicyclic) bond motifs is 1. The molecule has 2 rings (SSSR count). The number of anilines is 1. The number of benzene rings is 1. The molecule has 0 radical (unpaired) electrons. The molecule has 0 bridgehead atoms. The third kappa shape index (κ3) is 3.29. The van der Waals surface area contributed by atoms with E-state index >= 15 is 0 Å². The number of unbranched alkanes of at least 4 members (excludes halogenated alkanes) is 1. The van der Waals surface area contributed by atoms with E-state index in [4.69, 9.17) is 0 Å². The van der Waals surface area contributed by atoms with Gasteiger partial charge in [0.15, 0.2) is 0 Å². The van der Waals surface area contributed by atoms with E-state index in [0.717, 1.165) is 34.6 Å². The van der Waals surface area contributed by atoms with Crippen LogP contribution in [-0.2, 0) is 4.79 Å². The van der Waals surface area contributed by atoms with Gasteiger partial charge in [-0.2, -0.15) is 0 Å². The summed E-state index contributed by atoms with van der Waals surface area (Å²) >= 11 is 3.36. The van der Waals surface area contributed by atoms with Crippen molar-refractivity contribution in [3.8, 4) is 0 Å². The summed E-state index contributed by atoms with van der Waals surface area (Å²) in [4.78, 5) is 15.9. The highest BCUT2D eigenvalue weighted by molar-refractivity contribution is 9.09. The molecule has 1 heterocycles. The summed E-state index contributed by atoms with van der Waals surface area (Å²) in [5.41, 5.74) is 0.860. The number of aromatic nitrogens is 1. The van der Waals surface area contributed by atoms with Gasteiger partial charge < -0.3 is 5.32 Å². The Morgan fingerprint density at radius 2 is 2.17 bits per heavy atom. The van der Waals surface area contributed by atoms with Crippen LogP contribution in [0.1, 0.15) is 19.3 Å². The maximum absolute atomic E-state index is 11.8. The average Bonchev–Trinajstić information content (AvgIpc) is 2.39. The van der Waals surface area contributed by atoms with Gasteiger partial charge in [0.05, 0.1) is 0 Å². The minimum atomic E-state index is 0.0697. The molecule has 94 valence electrons. The summed E-state index contributed by atoms with van der Waals surface area (Å²) in [5, 5.41) is 5.97. The Balaban J connectivity index is 2.09. The lowest BCUT2D eigenvalue weighted by Gasteiger charge is -2.08. The number of rotatable bonds is 5. The molecule has 1 aromatic carbocycles. The van der Waals surface area contributed by atoms with Gasteiger partial charge in [-0.1, -0.05) is 28.1 Å². The predicted molar refractivity (Wildman–Crippen MR) is 78.0 cm³/mol. The first kappa shape index (κ1) is 13.0. The zero-order valence-electron chi connectivity index (χ0n) is 10.0. The molecule has 3 nitrogen and oxygen atoms in total. The highest BCUT2D eigenvalue weighted by Gasteiger charge is 2.05. The Kier molecular flexibility index (Phi) is 4.70. The molecular weight excluding hydrogens is 292 g/mol. The van der Waals surface area contributed by atoms with Crippen LogP contribution in [0.4, 0.5) is 5.69 Å². The topological polar surface area (TPSA) is 42.0 Å². The number of carbonyl (C=O) groups excluding carboxylic acids is 1. The molecule has 4 heteroatoms. The van der Waals surface area contributed by atoms with Crippen molar-refractivity contribution in [3.63, 3.8) is 0 Å². The molecule has 0 aliphatic heterocycles. The van der Waals surface area contributed by atoms with Gasteiger partial charge in [0.25, 0.3) is 0 Å². The minimum Gasteiger partial charge on any atom is -0.326 e. The third-order valence-electron chi connectivity index (χ3n) is 2.74. The van der Waals surface area contributed by atoms with E-state index < -0.39 is 0 Å². The van der Waals surface area contributed by atoms with E-state index in [1.165, 1.54) is 0 Å². The van der Waals surface area contributed by atoms with Crippen molar-refractivity contribution in [1.29, 1.82) is 0 Å². The zero-order chi connectivity index (χ0) is 12.8. The summed E-state index contributed by atoms with van der Waals surface area (Å²) in [6, 6.07) is 7.76. The number of nitrogens with one attached hydrogen (secondary N) is 1. The third-order valence-corrected chi connectivity index (χ3v) is 3.30. The Morgan fingerprint density at radius 1 is 1.28 bits per heavy atom. The Bertz CT molecular complexity index is 537. The van der Waals surface area contributed by atoms with Crippen LogP contribution < -0.4 is 5.32 Å². The minimum absolute atomic E-state index is 0.0697. The van der Waals surface area contributed by atoms with Crippen molar-refractivity contribution < 1.29 is 4.79 Å². The number of amides is 1. The molecule has 1 aromatic heterocycles. The summed E-state index contributed by atoms with van der Waals surface area (Å²) in [6.45, 7) is 0. The Morgan fingerprint density at radius 3 is 3.00 bits per heavy atom. The highest BCUT2D eigenvalue weighted by Crippen LogP contribution is 2.22. The summed E-state index contributed by atoms with van der Waals surface area (Å²) in [7, 11) is 0. The van der Waals surface area contributed by atoms with E-state index in [9.17, 15) is 4.79 Å². The molecule has 1 N–H and O–H groups in total. The lowest BCUT2D eigenvalue weighted by Crippen LogP contribution is -2.11. The second kappa shape index (κ2) is 6.50. The van der Waals surface area contributed by atoms with Crippen molar-refractivity contribution in [3.05, 3.63) is 36.7 Å². The van der Waals surface area contributed by atoms with Gasteiger partial charge in [-0.15, -0.1) is 0 Å². The largest absolute Gasteiger partial charge is 0.326 e. The summed E-state index contributed by atoms with van der Waals surface area (Å²) in [5.74, 6) is 0.0697. The van der Waals surface area contributed by atoms with Crippen LogP contribution in [-0.4, -0.2) is 16.2 Å². The molecule has 2 aromatic rings. The van der Waals surface area contributed by atoms with Crippen LogP contribution in [0.15, 0.2) is 36.7 Å². The normalized spacial score (nSPS) is 10.5. The first-order valence-corrected chi connectivity index (χ1v) is 7.12. The number of halogens is 1. The molecule has 0 saturated heterocycles. The summed E-state index contributed by atoms with van der Waals surface area (Å²) < 4.78 is 0. The Labute approximate surface area is 115 Å². The number of carbonyl (C=O) groups is 1. The molecule has 1 amide bonds. The monoisotopic (exact) mass is 306 g/mol. The quantitative estimate of drug-likeness (QED) is 0.675. The number of hydrogen-bond donors (Lipinski definition) is 1. The van der Waals surface area contributed by atoms with Crippen molar-refractivity contribution in [1.82, 2.24) is 4.98 Å². The second-order valence-corrected chi connectivity index (χ2v) is 4.89. The molecule has 0 aliphatic rings. The van der Waals surface area contributed by atoms with Gasteiger partial charge in [0.1, 0.15) is 0 Å². The molecular formula is C14H15BrN2O. The fourth-order valence-electron chi connectivity index (χ4n) is 1.82. The van der Waals surface area contributed by atoms with Crippen LogP contribution >= 0.6 is 15.9 Å². The van der Waals surface area contributed by atoms with Gasteiger partial charge in [-0.25, -0.2) is 0 Å². The highest BCUT2D eigenvalue weighted by atomic mass is 79.9. The van der Waals surface area contributed by atoms with Crippen LogP contribution in [0.5, 0.6) is 0 Å². The first-order chi connectivity index (χ1) is 8.81. The lowest BCUT2D eigenvalue weighted by molar-refractivity contribution is -0.116. The second-order valence-electron chi connectivity index (χ2n) is 4.10. The first-order valence-electron chi connectivity index (χ1n) is 6.00. The summed E-state index contributed by atoms with van der Waals surface area (Å²) in [6.07, 6.45) is 6.03. The van der Waals surface area contributed by atoms with Gasteiger partial charge in [-0.3, -0.25) is 9.78 Å². The van der Waals surface area contributed by atoms with Crippen LogP contribution in [0, 0.1) is 0 Å². The maximum atomic E-state index is 11.8. The van der Waals surface area contributed by atoms with Crippen LogP contribution in [0.2, 0.25) is 0 Å². The van der Waals surface area contributed by atoms with Crippen molar-refractivity contribution in [2.24, 2.45) is 0 Å². The van der Waals surface area contributed by atoms with Crippen LogP contribution in [0.3, 0.4) is 0 Å². The predicted octanol–water partition coefficient (Wildman–Crippen LogP) is 3.74. The average molecular weight is 307 g/mol. The van der Waals surface area contributed by atoms with E-state index in [2.05, 4.69) is 26.2 Å². The van der Waals surface area contributed by atoms with Crippen molar-refractivity contribution in [2.45, 2.75) is 19.3 Å². The van der Waals surface area contributed by atoms with E-state index in [0.29, 0.717) is 6.42 Å². The van der Waals surface area contributed by atoms with Crippen molar-refractivity contribution in [2.75, 3.05) is 10.6 Å². The van der Waals surface area contributed by atoms with E-state index in [1.54, 1.807) is 12.4 Å². The van der Waals surface area contributed by atoms with Crippen LogP contribution in [0.25, 0.3) is 10.8 Å². The molecule has 0 atom stereocenters. The van der Waals surface area contributed by atoms with Gasteiger partial charge in [-0.05, 0) is 25.0 Å². The fraction of sp³-hybridized carbons (Fsp3) is 0.286. The molecule has 18 heavy (non-hydrogen) atoms. The van der Waals surface area contributed by atoms with E-state index in [-0.39, 0.29) is 5.91 Å². The lowest BCUT2D eigenvalue weighted by atomic mass is 10.1. The van der Waals surface area contributed by atoms with E-state index in [1.807, 2.05) is 24.3 Å². The number of alkyl halides is 1. The Hall–Kier alpha value is -1.42. The van der Waals surface area contributed by atoms with Gasteiger partial charge in [0.2, 0.25) is 5.91 Å². The number of nitrogens with zero attached hydrogens (tertiary/aromatic N) is 1. The maximum Gasteiger partial charge on any atom is 0.224 e. The standard InChI is InChI=1S/C14H15BrN2O/c15-8-2-1-6-14(18)17-13-5-3-4-11-10-16-9-7-12(11)13/h3-5,7,9-10H,1-2,6,8H2,(H,17,18). The zero-order valence-corrected chi connectivity index (χ0v) is 11.6. The molecule has 0 spiro atoms. The van der Waals surface area contributed by atoms with Crippen molar-refractivity contribution >= 4 is 38.3 Å². The molecule has 0 unspecified atom stereocenters. The number of hydrogen-bond acceptors (Lipinski definition) is 2. The molecule has 0 fully saturated rings. The van der Waals surface area contributed by atoms with Gasteiger partial charge >= 0.3 is 0 Å². The SMILES string of the molecule is O=C(CCCCBr)Nc1cccc2cnccc12. The van der Waals surface area contributed by atoms with Gasteiger partial charge in [0, 0.05) is 40.6 Å². The fourth-order valence-corrected chi connectivity index (χ4v) is 2.22. The number of pyridine rings is 1. The molecule has 0 aliphatic carbocycles. The smallest absolute Gasteiger partial charge is 0.224 e.